The Morgan fingerprint density at radius 2 is 1.68 bits per heavy atom. The number of aromatic amines is 1. The first-order valence-corrected chi connectivity index (χ1v) is 11.1. The first-order valence-electron chi connectivity index (χ1n) is 11.1. The van der Waals surface area contributed by atoms with Crippen LogP contribution in [0.5, 0.6) is 0 Å². The molecule has 0 spiro atoms. The van der Waals surface area contributed by atoms with Crippen LogP contribution in [0, 0.1) is 0 Å². The monoisotopic (exact) mass is 456 g/mol. The van der Waals surface area contributed by atoms with Crippen LogP contribution in [0.4, 0.5) is 0 Å². The molecule has 1 aromatic heterocycles. The van der Waals surface area contributed by atoms with Crippen molar-refractivity contribution < 1.29 is 14.8 Å². The molecule has 0 unspecified atom stereocenters. The number of carbonyl (C=O) groups excluding carboxylic acids is 2. The van der Waals surface area contributed by atoms with Gasteiger partial charge in [-0.2, -0.15) is 0 Å². The minimum Gasteiger partial charge on any atom is -0.345 e. The summed E-state index contributed by atoms with van der Waals surface area (Å²) in [6, 6.07) is 25.5. The molecule has 0 atom stereocenters. The van der Waals surface area contributed by atoms with E-state index in [1.165, 1.54) is 11.6 Å². The van der Waals surface area contributed by atoms with Gasteiger partial charge in [0.25, 0.3) is 11.8 Å². The fourth-order valence-electron chi connectivity index (χ4n) is 3.21. The number of carbonyl (C=O) groups is 2. The summed E-state index contributed by atoms with van der Waals surface area (Å²) in [5.74, 6) is 0.166. The number of unbranched alkanes of at least 4 members (excludes halogenated alkanes) is 1. The predicted octanol–water partition coefficient (Wildman–Crippen LogP) is 5.01. The van der Waals surface area contributed by atoms with Crippen LogP contribution in [0.15, 0.2) is 91.0 Å². The Hall–Kier alpha value is -4.23. The molecule has 0 saturated heterocycles. The van der Waals surface area contributed by atoms with Crippen LogP contribution in [0.25, 0.3) is 22.2 Å². The van der Waals surface area contributed by atoms with Crippen molar-refractivity contribution in [3.05, 3.63) is 102 Å². The van der Waals surface area contributed by atoms with Crippen molar-refractivity contribution in [2.75, 3.05) is 0 Å². The number of H-pyrrole nitrogens is 1. The van der Waals surface area contributed by atoms with Crippen LogP contribution in [0.3, 0.4) is 0 Å². The van der Waals surface area contributed by atoms with E-state index in [0.29, 0.717) is 12.1 Å². The lowest BCUT2D eigenvalue weighted by atomic mass is 10.1. The number of amides is 2. The number of allylic oxidation sites excluding steroid dienone is 1. The van der Waals surface area contributed by atoms with Crippen LogP contribution in [-0.2, 0) is 11.3 Å². The molecule has 0 radical (unpaired) electrons. The van der Waals surface area contributed by atoms with Gasteiger partial charge in [-0.15, -0.1) is 0 Å². The quantitative estimate of drug-likeness (QED) is 0.178. The summed E-state index contributed by atoms with van der Waals surface area (Å²) in [4.78, 5) is 30.2. The summed E-state index contributed by atoms with van der Waals surface area (Å²) in [7, 11) is 0. The number of aromatic nitrogens is 2. The average Bonchev–Trinajstić information content (AvgIpc) is 3.31. The van der Waals surface area contributed by atoms with Crippen molar-refractivity contribution in [1.82, 2.24) is 20.8 Å². The van der Waals surface area contributed by atoms with Gasteiger partial charge in [0.05, 0.1) is 17.6 Å². The molecule has 4 N–H and O–H groups in total. The Labute approximate surface area is 198 Å². The van der Waals surface area contributed by atoms with E-state index in [0.717, 1.165) is 40.8 Å². The third-order valence-electron chi connectivity index (χ3n) is 4.93. The van der Waals surface area contributed by atoms with Crippen LogP contribution >= 0.6 is 0 Å². The van der Waals surface area contributed by atoms with E-state index in [4.69, 9.17) is 5.21 Å². The lowest BCUT2D eigenvalue weighted by molar-refractivity contribution is -0.124. The Kier molecular flexibility index (Phi) is 9.13. The highest BCUT2D eigenvalue weighted by Crippen LogP contribution is 2.23. The summed E-state index contributed by atoms with van der Waals surface area (Å²) in [6.45, 7) is 2.38. The van der Waals surface area contributed by atoms with E-state index in [1.54, 1.807) is 18.2 Å². The highest BCUT2D eigenvalue weighted by Gasteiger charge is 2.08. The first kappa shape index (κ1) is 24.4. The standard InChI is InChI=1S/C21H17N3O.C6H11NO2/c25-21(16-9-5-2-6-10-16)22-14-20-23-18-12-11-17(13-19(18)24-20)15-7-3-1-4-8-15;1-2-3-4-5-6(8)7-9/h1-13H,14H2,(H,22,25)(H,23,24);4-5,9H,2-3H2,1H3,(H,7,8)/b;5-4+. The largest absolute Gasteiger partial charge is 0.345 e. The van der Waals surface area contributed by atoms with Crippen molar-refractivity contribution in [1.29, 1.82) is 0 Å². The summed E-state index contributed by atoms with van der Waals surface area (Å²) in [5.41, 5.74) is 6.30. The molecule has 34 heavy (non-hydrogen) atoms. The van der Waals surface area contributed by atoms with Crippen molar-refractivity contribution in [2.24, 2.45) is 0 Å². The van der Waals surface area contributed by atoms with Gasteiger partial charge in [0, 0.05) is 11.6 Å². The lowest BCUT2D eigenvalue weighted by Gasteiger charge is -2.02. The maximum atomic E-state index is 12.1. The number of hydrogen-bond acceptors (Lipinski definition) is 4. The Morgan fingerprint density at radius 3 is 2.35 bits per heavy atom. The molecule has 2 amide bonds. The number of nitrogens with one attached hydrogen (secondary N) is 3. The van der Waals surface area contributed by atoms with Crippen LogP contribution < -0.4 is 10.8 Å². The highest BCUT2D eigenvalue weighted by atomic mass is 16.5. The second-order valence-electron chi connectivity index (χ2n) is 7.50. The molecule has 7 nitrogen and oxygen atoms in total. The minimum atomic E-state index is -0.469. The first-order chi connectivity index (χ1) is 16.6. The Bertz CT molecular complexity index is 1230. The number of hydroxylamine groups is 1. The number of rotatable bonds is 7. The van der Waals surface area contributed by atoms with E-state index in [1.807, 2.05) is 49.4 Å². The third-order valence-corrected chi connectivity index (χ3v) is 4.93. The predicted molar refractivity (Wildman–Crippen MR) is 133 cm³/mol. The molecule has 0 aliphatic heterocycles. The van der Waals surface area contributed by atoms with E-state index in [9.17, 15) is 9.59 Å². The summed E-state index contributed by atoms with van der Waals surface area (Å²) in [5, 5.41) is 10.9. The third kappa shape index (κ3) is 7.15. The maximum Gasteiger partial charge on any atom is 0.267 e. The molecule has 7 heteroatoms. The topological polar surface area (TPSA) is 107 Å². The van der Waals surface area contributed by atoms with Crippen LogP contribution in [0.1, 0.15) is 35.9 Å². The molecule has 0 aliphatic rings. The summed E-state index contributed by atoms with van der Waals surface area (Å²) in [6.07, 6.45) is 4.90. The fraction of sp³-hybridized carbons (Fsp3) is 0.148. The SMILES string of the molecule is CCC/C=C/C(=O)NO.O=C(NCc1nc2ccc(-c3ccccc3)cc2[nH]1)c1ccccc1. The zero-order valence-electron chi connectivity index (χ0n) is 19.0. The zero-order valence-corrected chi connectivity index (χ0v) is 19.0. The normalized spacial score (nSPS) is 10.5. The van der Waals surface area contributed by atoms with E-state index >= 15 is 0 Å². The lowest BCUT2D eigenvalue weighted by Crippen LogP contribution is -2.23. The number of nitrogens with zero attached hydrogens (tertiary/aromatic N) is 1. The molecular weight excluding hydrogens is 428 g/mol. The molecule has 3 aromatic carbocycles. The maximum absolute atomic E-state index is 12.1. The minimum absolute atomic E-state index is 0.106. The van der Waals surface area contributed by atoms with Crippen molar-refractivity contribution in [3.63, 3.8) is 0 Å². The van der Waals surface area contributed by atoms with E-state index in [2.05, 4.69) is 39.6 Å². The van der Waals surface area contributed by atoms with Gasteiger partial charge < -0.3 is 10.3 Å². The molecule has 174 valence electrons. The number of hydrogen-bond donors (Lipinski definition) is 4. The van der Waals surface area contributed by atoms with Gasteiger partial charge in [-0.25, -0.2) is 10.5 Å². The molecule has 4 rings (SSSR count). The molecule has 4 aromatic rings. The van der Waals surface area contributed by atoms with Gasteiger partial charge in [-0.1, -0.05) is 74.0 Å². The molecule has 0 bridgehead atoms. The number of benzene rings is 3. The van der Waals surface area contributed by atoms with Gasteiger partial charge >= 0.3 is 0 Å². The van der Waals surface area contributed by atoms with E-state index < -0.39 is 5.91 Å². The number of imidazole rings is 1. The molecule has 0 saturated carbocycles. The second-order valence-corrected chi connectivity index (χ2v) is 7.50. The zero-order chi connectivity index (χ0) is 24.2. The number of fused-ring (bicyclic) bond motifs is 1. The van der Waals surface area contributed by atoms with Crippen molar-refractivity contribution in [2.45, 2.75) is 26.3 Å². The Morgan fingerprint density at radius 1 is 0.971 bits per heavy atom. The van der Waals surface area contributed by atoms with Gasteiger partial charge in [0.1, 0.15) is 5.82 Å². The van der Waals surface area contributed by atoms with Crippen molar-refractivity contribution in [3.8, 4) is 11.1 Å². The Balaban J connectivity index is 0.000000309. The van der Waals surface area contributed by atoms with Gasteiger partial charge in [-0.3, -0.25) is 14.8 Å². The molecule has 0 fully saturated rings. The molecule has 1 heterocycles. The second kappa shape index (κ2) is 12.7. The van der Waals surface area contributed by atoms with Gasteiger partial charge in [0.2, 0.25) is 0 Å². The molecular formula is C27H28N4O3. The average molecular weight is 457 g/mol. The van der Waals surface area contributed by atoms with Crippen LogP contribution in [0.2, 0.25) is 0 Å². The fourth-order valence-corrected chi connectivity index (χ4v) is 3.21. The van der Waals surface area contributed by atoms with Gasteiger partial charge in [0.15, 0.2) is 0 Å². The van der Waals surface area contributed by atoms with Crippen LogP contribution in [-0.4, -0.2) is 27.0 Å². The highest BCUT2D eigenvalue weighted by molar-refractivity contribution is 5.94. The smallest absolute Gasteiger partial charge is 0.267 e. The summed E-state index contributed by atoms with van der Waals surface area (Å²) >= 11 is 0. The summed E-state index contributed by atoms with van der Waals surface area (Å²) < 4.78 is 0. The van der Waals surface area contributed by atoms with E-state index in [-0.39, 0.29) is 5.91 Å². The molecule has 0 aliphatic carbocycles. The van der Waals surface area contributed by atoms with Crippen molar-refractivity contribution >= 4 is 22.8 Å². The van der Waals surface area contributed by atoms with Gasteiger partial charge in [-0.05, 0) is 41.8 Å².